The van der Waals surface area contributed by atoms with E-state index < -0.39 is 18.8 Å². The summed E-state index contributed by atoms with van der Waals surface area (Å²) in [6, 6.07) is 17.4. The van der Waals surface area contributed by atoms with E-state index in [0.29, 0.717) is 11.5 Å². The van der Waals surface area contributed by atoms with Crippen LogP contribution in [0.15, 0.2) is 60.7 Å². The molecule has 0 aromatic heterocycles. The summed E-state index contributed by atoms with van der Waals surface area (Å²) in [4.78, 5) is 0. The van der Waals surface area contributed by atoms with Gasteiger partial charge in [-0.1, -0.05) is 36.4 Å². The van der Waals surface area contributed by atoms with E-state index in [2.05, 4.69) is 0 Å². The summed E-state index contributed by atoms with van der Waals surface area (Å²) in [5, 5.41) is 17.3. The van der Waals surface area contributed by atoms with Crippen LogP contribution < -0.4 is 0 Å². The maximum atomic E-state index is 11.2. The van der Waals surface area contributed by atoms with Gasteiger partial charge in [0.05, 0.1) is 0 Å². The molecule has 128 valence electrons. The van der Waals surface area contributed by atoms with Gasteiger partial charge in [-0.2, -0.15) is 22.0 Å². The Morgan fingerprint density at radius 1 is 0.652 bits per heavy atom. The average Bonchev–Trinajstić information content (AvgIpc) is 2.49. The summed E-state index contributed by atoms with van der Waals surface area (Å²) in [5.74, 6) is -4.54. The molecule has 8 heteroatoms. The fourth-order valence-corrected chi connectivity index (χ4v) is 0.932. The van der Waals surface area contributed by atoms with E-state index in [0.717, 1.165) is 0 Å². The van der Waals surface area contributed by atoms with Gasteiger partial charge >= 0.3 is 12.1 Å². The first kappa shape index (κ1) is 20.6. The van der Waals surface area contributed by atoms with E-state index in [4.69, 9.17) is 10.2 Å². The second-order valence-electron chi connectivity index (χ2n) is 4.01. The third kappa shape index (κ3) is 9.28. The first-order chi connectivity index (χ1) is 10.6. The van der Waals surface area contributed by atoms with Crippen LogP contribution in [0.2, 0.25) is 0 Å². The minimum Gasteiger partial charge on any atom is -0.508 e. The number of hydrogen-bond donors (Lipinski definition) is 2. The van der Waals surface area contributed by atoms with Crippen LogP contribution in [0.1, 0.15) is 0 Å². The minimum atomic E-state index is -5.76. The molecule has 0 aliphatic heterocycles. The zero-order valence-electron chi connectivity index (χ0n) is 11.6. The van der Waals surface area contributed by atoms with Crippen molar-refractivity contribution >= 4 is 0 Å². The molecule has 0 bridgehead atoms. The van der Waals surface area contributed by atoms with E-state index >= 15 is 0 Å². The van der Waals surface area contributed by atoms with Gasteiger partial charge < -0.3 is 10.2 Å². The lowest BCUT2D eigenvalue weighted by atomic mass is 10.3. The summed E-state index contributed by atoms with van der Waals surface area (Å²) in [5.41, 5.74) is 0. The molecule has 2 rings (SSSR count). The Balaban J connectivity index is 0.000000318. The predicted molar refractivity (Wildman–Crippen MR) is 73.2 cm³/mol. The fraction of sp³-hybridized carbons (Fsp3) is 0.200. The van der Waals surface area contributed by atoms with Gasteiger partial charge in [-0.15, -0.1) is 0 Å². The number of benzene rings is 2. The maximum Gasteiger partial charge on any atom is 0.456 e. The SMILES string of the molecule is FCC(F)(F)C(F)(F)F.Oc1ccccc1.Oc1ccccc1. The van der Waals surface area contributed by atoms with Gasteiger partial charge in [0.2, 0.25) is 0 Å². The summed E-state index contributed by atoms with van der Waals surface area (Å²) >= 11 is 0. The molecule has 2 N–H and O–H groups in total. The molecule has 0 spiro atoms. The molecule has 23 heavy (non-hydrogen) atoms. The van der Waals surface area contributed by atoms with Crippen molar-refractivity contribution in [3.8, 4) is 11.5 Å². The summed E-state index contributed by atoms with van der Waals surface area (Å²) in [6.07, 6.45) is -5.76. The van der Waals surface area contributed by atoms with Gasteiger partial charge in [-0.3, -0.25) is 0 Å². The van der Waals surface area contributed by atoms with E-state index in [9.17, 15) is 26.3 Å². The van der Waals surface area contributed by atoms with Crippen LogP contribution in [0.3, 0.4) is 0 Å². The molecule has 0 radical (unpaired) electrons. The van der Waals surface area contributed by atoms with Crippen molar-refractivity contribution in [1.29, 1.82) is 0 Å². The molecular weight excluding hydrogens is 326 g/mol. The van der Waals surface area contributed by atoms with Crippen LogP contribution in [0.5, 0.6) is 11.5 Å². The normalized spacial score (nSPS) is 10.7. The smallest absolute Gasteiger partial charge is 0.456 e. The second kappa shape index (κ2) is 9.60. The van der Waals surface area contributed by atoms with Crippen molar-refractivity contribution in [3.05, 3.63) is 60.7 Å². The Kier molecular flexibility index (Phi) is 8.61. The van der Waals surface area contributed by atoms with Crippen LogP contribution in [0.25, 0.3) is 0 Å². The minimum absolute atomic E-state index is 0.322. The highest BCUT2D eigenvalue weighted by Crippen LogP contribution is 2.35. The number of phenols is 2. The van der Waals surface area contributed by atoms with Crippen LogP contribution in [0.4, 0.5) is 26.3 Å². The van der Waals surface area contributed by atoms with Crippen LogP contribution in [-0.2, 0) is 0 Å². The zero-order chi connectivity index (χ0) is 17.9. The Morgan fingerprint density at radius 3 is 1.04 bits per heavy atom. The van der Waals surface area contributed by atoms with Gasteiger partial charge in [0.25, 0.3) is 0 Å². The molecule has 2 aromatic rings. The number of aromatic hydroxyl groups is 2. The van der Waals surface area contributed by atoms with E-state index in [1.54, 1.807) is 48.5 Å². The largest absolute Gasteiger partial charge is 0.508 e. The highest BCUT2D eigenvalue weighted by atomic mass is 19.4. The van der Waals surface area contributed by atoms with E-state index in [1.807, 2.05) is 12.1 Å². The predicted octanol–water partition coefficient (Wildman–Crippen LogP) is 4.94. The molecule has 2 nitrogen and oxygen atoms in total. The Labute approximate surface area is 128 Å². The third-order valence-electron chi connectivity index (χ3n) is 2.09. The lowest BCUT2D eigenvalue weighted by Gasteiger charge is -2.14. The topological polar surface area (TPSA) is 40.5 Å². The molecule has 0 unspecified atom stereocenters. The summed E-state index contributed by atoms with van der Waals surface area (Å²) in [7, 11) is 0. The molecule has 0 saturated carbocycles. The van der Waals surface area contributed by atoms with Crippen molar-refractivity contribution in [3.63, 3.8) is 0 Å². The average molecular weight is 340 g/mol. The third-order valence-corrected chi connectivity index (χ3v) is 2.09. The highest BCUT2D eigenvalue weighted by Gasteiger charge is 2.57. The summed E-state index contributed by atoms with van der Waals surface area (Å²) in [6.45, 7) is -2.70. The molecule has 0 heterocycles. The van der Waals surface area contributed by atoms with Gasteiger partial charge in [0, 0.05) is 0 Å². The molecule has 0 fully saturated rings. The van der Waals surface area contributed by atoms with E-state index in [1.165, 1.54) is 0 Å². The van der Waals surface area contributed by atoms with Crippen LogP contribution in [-0.4, -0.2) is 29.0 Å². The van der Waals surface area contributed by atoms with Crippen molar-refractivity contribution in [2.75, 3.05) is 6.67 Å². The van der Waals surface area contributed by atoms with Gasteiger partial charge in [-0.05, 0) is 24.3 Å². The van der Waals surface area contributed by atoms with Crippen LogP contribution in [0, 0.1) is 0 Å². The quantitative estimate of drug-likeness (QED) is 0.722. The monoisotopic (exact) mass is 340 g/mol. The number of para-hydroxylation sites is 2. The van der Waals surface area contributed by atoms with Crippen molar-refractivity contribution in [2.45, 2.75) is 12.1 Å². The zero-order valence-corrected chi connectivity index (χ0v) is 11.6. The maximum absolute atomic E-state index is 11.2. The lowest BCUT2D eigenvalue weighted by Crippen LogP contribution is -2.38. The standard InChI is InChI=1S/2C6H6O.C3H2F6/c2*7-6-4-2-1-3-5-6;4-1-2(5,6)3(7,8)9/h2*1-5,7H;1H2. The second-order valence-corrected chi connectivity index (χ2v) is 4.01. The molecule has 0 aliphatic rings. The Bertz CT molecular complexity index is 491. The first-order valence-electron chi connectivity index (χ1n) is 6.08. The van der Waals surface area contributed by atoms with Crippen molar-refractivity contribution < 1.29 is 36.6 Å². The molecule has 0 aliphatic carbocycles. The van der Waals surface area contributed by atoms with Crippen molar-refractivity contribution in [1.82, 2.24) is 0 Å². The van der Waals surface area contributed by atoms with E-state index in [-0.39, 0.29) is 0 Å². The molecule has 0 saturated heterocycles. The fourth-order valence-electron chi connectivity index (χ4n) is 0.932. The molecule has 0 atom stereocenters. The number of alkyl halides is 6. The van der Waals surface area contributed by atoms with Gasteiger partial charge in [0.15, 0.2) is 6.67 Å². The number of rotatable bonds is 1. The van der Waals surface area contributed by atoms with Crippen LogP contribution >= 0.6 is 0 Å². The first-order valence-corrected chi connectivity index (χ1v) is 6.08. The summed E-state index contributed by atoms with van der Waals surface area (Å²) < 4.78 is 65.6. The van der Waals surface area contributed by atoms with Gasteiger partial charge in [0.1, 0.15) is 11.5 Å². The highest BCUT2D eigenvalue weighted by molar-refractivity contribution is 5.19. The Morgan fingerprint density at radius 2 is 0.957 bits per heavy atom. The number of halogens is 6. The molecular formula is C15H14F6O2. The number of phenolic OH excluding ortho intramolecular Hbond substituents is 2. The lowest BCUT2D eigenvalue weighted by molar-refractivity contribution is -0.286. The number of hydrogen-bond acceptors (Lipinski definition) is 2. The molecule has 2 aromatic carbocycles. The van der Waals surface area contributed by atoms with Gasteiger partial charge in [-0.25, -0.2) is 4.39 Å². The Hall–Kier alpha value is -2.38. The molecule has 0 amide bonds. The van der Waals surface area contributed by atoms with Crippen molar-refractivity contribution in [2.24, 2.45) is 0 Å².